The predicted molar refractivity (Wildman–Crippen MR) is 167 cm³/mol. The van der Waals surface area contributed by atoms with E-state index in [-0.39, 0.29) is 31.3 Å². The molecule has 0 unspecified atom stereocenters. The Morgan fingerprint density at radius 1 is 1.07 bits per heavy atom. The van der Waals surface area contributed by atoms with E-state index in [0.717, 1.165) is 44.4 Å². The first-order chi connectivity index (χ1) is 19.4. The zero-order chi connectivity index (χ0) is 28.2. The van der Waals surface area contributed by atoms with Gasteiger partial charge in [0.05, 0.1) is 25.2 Å². The second kappa shape index (κ2) is 13.2. The Balaban J connectivity index is 0.00000387. The van der Waals surface area contributed by atoms with E-state index >= 15 is 0 Å². The van der Waals surface area contributed by atoms with Gasteiger partial charge in [-0.3, -0.25) is 14.4 Å². The van der Waals surface area contributed by atoms with Gasteiger partial charge in [-0.2, -0.15) is 0 Å². The third-order valence-electron chi connectivity index (χ3n) is 6.54. The molecule has 3 N–H and O–H groups in total. The molecule has 4 aromatic rings. The first-order valence-electron chi connectivity index (χ1n) is 12.8. The summed E-state index contributed by atoms with van der Waals surface area (Å²) in [6, 6.07) is 14.7. The Hall–Kier alpha value is -3.92. The van der Waals surface area contributed by atoms with Gasteiger partial charge in [-0.25, -0.2) is 0 Å². The lowest BCUT2D eigenvalue weighted by molar-refractivity contribution is -0.121. The highest BCUT2D eigenvalue weighted by Gasteiger charge is 2.32. The van der Waals surface area contributed by atoms with Crippen molar-refractivity contribution in [3.8, 4) is 28.7 Å². The maximum atomic E-state index is 13.1. The highest BCUT2D eigenvalue weighted by molar-refractivity contribution is 7.15. The number of carbonyl (C=O) groups is 1. The number of fused-ring (bicyclic) bond motifs is 3. The fraction of sp³-hybridized carbons (Fsp3) is 0.226. The van der Waals surface area contributed by atoms with Gasteiger partial charge in [-0.05, 0) is 56.7 Å². The summed E-state index contributed by atoms with van der Waals surface area (Å²) < 4.78 is 2.03. The molecule has 3 heterocycles. The SMILES string of the molecule is Cc1sc2c(c1C)C(c1ccc(Cl)cc1)=N[C@@H](CC(=O)NCC#Cc1cccc(C#CCN)c1)c1nnc(C)n1-2.Cl. The van der Waals surface area contributed by atoms with Gasteiger partial charge < -0.3 is 11.1 Å². The van der Waals surface area contributed by atoms with Crippen LogP contribution in [0.15, 0.2) is 53.5 Å². The number of nitrogens with two attached hydrogens (primary N) is 1. The zero-order valence-electron chi connectivity index (χ0n) is 22.8. The fourth-order valence-corrected chi connectivity index (χ4v) is 5.84. The van der Waals surface area contributed by atoms with Crippen LogP contribution in [0.2, 0.25) is 5.02 Å². The minimum Gasteiger partial charge on any atom is -0.345 e. The van der Waals surface area contributed by atoms with Crippen LogP contribution in [0.1, 0.15) is 56.8 Å². The summed E-state index contributed by atoms with van der Waals surface area (Å²) in [7, 11) is 0. The predicted octanol–water partition coefficient (Wildman–Crippen LogP) is 5.09. The van der Waals surface area contributed by atoms with Gasteiger partial charge in [-0.15, -0.1) is 33.9 Å². The van der Waals surface area contributed by atoms with Crippen LogP contribution in [0.3, 0.4) is 0 Å². The molecule has 0 aliphatic carbocycles. The van der Waals surface area contributed by atoms with Crippen LogP contribution in [-0.2, 0) is 4.79 Å². The van der Waals surface area contributed by atoms with Gasteiger partial charge in [0.2, 0.25) is 5.91 Å². The average Bonchev–Trinajstić information content (AvgIpc) is 3.42. The lowest BCUT2D eigenvalue weighted by atomic mass is 9.99. The van der Waals surface area contributed by atoms with E-state index < -0.39 is 6.04 Å². The smallest absolute Gasteiger partial charge is 0.223 e. The molecule has 10 heteroatoms. The number of benzene rings is 2. The number of hydrogen-bond acceptors (Lipinski definition) is 6. The monoisotopic (exact) mass is 602 g/mol. The molecule has 0 spiro atoms. The van der Waals surface area contributed by atoms with E-state index in [1.165, 1.54) is 4.88 Å². The van der Waals surface area contributed by atoms with Gasteiger partial charge >= 0.3 is 0 Å². The van der Waals surface area contributed by atoms with Crippen molar-refractivity contribution in [2.75, 3.05) is 13.1 Å². The van der Waals surface area contributed by atoms with E-state index in [9.17, 15) is 4.79 Å². The standard InChI is InChI=1S/C31H27ClN6OS.ClH/c1-19-20(2)40-31-28(19)29(24-11-13-25(32)14-12-24)35-26(30-37-36-21(3)38(30)31)18-27(39)34-16-6-10-23-8-4-7-22(17-23)9-5-15-33;/h4,7-8,11-14,17,26H,15-16,18,33H2,1-3H3,(H,34,39);1H/t26-;/m0./s1. The van der Waals surface area contributed by atoms with E-state index in [0.29, 0.717) is 17.4 Å². The van der Waals surface area contributed by atoms with Crippen molar-refractivity contribution in [1.29, 1.82) is 0 Å². The highest BCUT2D eigenvalue weighted by atomic mass is 35.5. The first-order valence-corrected chi connectivity index (χ1v) is 14.0. The molecule has 0 bridgehead atoms. The van der Waals surface area contributed by atoms with Crippen molar-refractivity contribution < 1.29 is 4.79 Å². The quantitative estimate of drug-likeness (QED) is 0.318. The molecule has 2 aromatic carbocycles. The number of nitrogens with one attached hydrogen (secondary N) is 1. The third-order valence-corrected chi connectivity index (χ3v) is 7.98. The normalized spacial score (nSPS) is 13.2. The van der Waals surface area contributed by atoms with Crippen molar-refractivity contribution >= 4 is 47.0 Å². The largest absolute Gasteiger partial charge is 0.345 e. The van der Waals surface area contributed by atoms with Gasteiger partial charge in [0, 0.05) is 32.2 Å². The van der Waals surface area contributed by atoms with Crippen LogP contribution in [0.4, 0.5) is 0 Å². The molecule has 208 valence electrons. The number of nitrogens with zero attached hydrogens (tertiary/aromatic N) is 4. The van der Waals surface area contributed by atoms with Gasteiger partial charge in [0.25, 0.3) is 0 Å². The lowest BCUT2D eigenvalue weighted by Gasteiger charge is -2.12. The van der Waals surface area contributed by atoms with Crippen molar-refractivity contribution in [3.05, 3.63) is 97.9 Å². The summed E-state index contributed by atoms with van der Waals surface area (Å²) in [5, 5.41) is 13.4. The number of carbonyl (C=O) groups excluding carboxylic acids is 1. The van der Waals surface area contributed by atoms with Crippen molar-refractivity contribution in [2.45, 2.75) is 33.2 Å². The second-order valence-electron chi connectivity index (χ2n) is 9.27. The molecule has 7 nitrogen and oxygen atoms in total. The van der Waals surface area contributed by atoms with Crippen LogP contribution >= 0.6 is 35.3 Å². The molecule has 5 rings (SSSR count). The maximum absolute atomic E-state index is 13.1. The Kier molecular flexibility index (Phi) is 9.65. The molecular formula is C31H28Cl2N6OS. The topological polar surface area (TPSA) is 98.2 Å². The average molecular weight is 604 g/mol. The molecule has 1 aliphatic rings. The van der Waals surface area contributed by atoms with E-state index in [4.69, 9.17) is 22.3 Å². The fourth-order valence-electron chi connectivity index (χ4n) is 4.50. The van der Waals surface area contributed by atoms with Crippen LogP contribution in [-0.4, -0.2) is 39.5 Å². The van der Waals surface area contributed by atoms with Crippen LogP contribution in [0, 0.1) is 44.5 Å². The molecule has 41 heavy (non-hydrogen) atoms. The highest BCUT2D eigenvalue weighted by Crippen LogP contribution is 2.39. The summed E-state index contributed by atoms with van der Waals surface area (Å²) in [5.74, 6) is 13.1. The number of thiophene rings is 1. The Morgan fingerprint density at radius 2 is 1.78 bits per heavy atom. The van der Waals surface area contributed by atoms with Gasteiger partial charge in [0.15, 0.2) is 5.82 Å². The molecule has 2 aromatic heterocycles. The summed E-state index contributed by atoms with van der Waals surface area (Å²) in [6.45, 7) is 6.62. The number of halogens is 2. The van der Waals surface area contributed by atoms with Crippen LogP contribution < -0.4 is 11.1 Å². The minimum absolute atomic E-state index is 0. The van der Waals surface area contributed by atoms with Crippen LogP contribution in [0.25, 0.3) is 5.00 Å². The summed E-state index contributed by atoms with van der Waals surface area (Å²) in [6.07, 6.45) is 0.105. The molecule has 1 amide bonds. The van der Waals surface area contributed by atoms with E-state index in [1.54, 1.807) is 11.3 Å². The van der Waals surface area contributed by atoms with Crippen molar-refractivity contribution in [3.63, 3.8) is 0 Å². The molecule has 0 saturated heterocycles. The first kappa shape index (κ1) is 30.0. The van der Waals surface area contributed by atoms with E-state index in [1.807, 2.05) is 60.0 Å². The number of aliphatic imine (C=N–C) groups is 1. The molecule has 0 saturated carbocycles. The summed E-state index contributed by atoms with van der Waals surface area (Å²) >= 11 is 7.86. The van der Waals surface area contributed by atoms with Crippen molar-refractivity contribution in [2.24, 2.45) is 10.7 Å². The summed E-state index contributed by atoms with van der Waals surface area (Å²) in [4.78, 5) is 19.4. The maximum Gasteiger partial charge on any atom is 0.223 e. The van der Waals surface area contributed by atoms with Crippen molar-refractivity contribution in [1.82, 2.24) is 20.1 Å². The Bertz CT molecular complexity index is 1750. The lowest BCUT2D eigenvalue weighted by Crippen LogP contribution is -2.25. The van der Waals surface area contributed by atoms with Crippen LogP contribution in [0.5, 0.6) is 0 Å². The van der Waals surface area contributed by atoms with Gasteiger partial charge in [0.1, 0.15) is 16.9 Å². The Labute approximate surface area is 254 Å². The molecule has 1 aliphatic heterocycles. The number of aromatic nitrogens is 3. The second-order valence-corrected chi connectivity index (χ2v) is 10.9. The van der Waals surface area contributed by atoms with E-state index in [2.05, 4.69) is 53.0 Å². The molecule has 1 atom stereocenters. The third kappa shape index (κ3) is 6.53. The zero-order valence-corrected chi connectivity index (χ0v) is 25.2. The summed E-state index contributed by atoms with van der Waals surface area (Å²) in [5.41, 5.74) is 11.0. The minimum atomic E-state index is -0.531. The number of amides is 1. The Morgan fingerprint density at radius 3 is 2.49 bits per heavy atom. The molecule has 0 fully saturated rings. The number of aryl methyl sites for hydroxylation is 2. The van der Waals surface area contributed by atoms with Gasteiger partial charge in [-0.1, -0.05) is 53.5 Å². The molecular weight excluding hydrogens is 575 g/mol. The number of rotatable bonds is 4. The number of hydrogen-bond donors (Lipinski definition) is 2. The molecule has 0 radical (unpaired) electrons.